The highest BCUT2D eigenvalue weighted by molar-refractivity contribution is 5.60. The van der Waals surface area contributed by atoms with Gasteiger partial charge in [-0.3, -0.25) is 0 Å². The van der Waals surface area contributed by atoms with Crippen LogP contribution >= 0.6 is 0 Å². The van der Waals surface area contributed by atoms with E-state index in [1.54, 1.807) is 7.11 Å². The molecule has 2 aromatic rings. The van der Waals surface area contributed by atoms with E-state index in [1.807, 2.05) is 6.07 Å². The van der Waals surface area contributed by atoms with Crippen molar-refractivity contribution in [3.8, 4) is 11.5 Å². The molecule has 0 aromatic heterocycles. The number of hydrogen-bond acceptors (Lipinski definition) is 4. The number of methoxy groups -OCH3 is 1. The van der Waals surface area contributed by atoms with Crippen LogP contribution in [0.4, 0.5) is 5.69 Å². The van der Waals surface area contributed by atoms with Gasteiger partial charge in [0.05, 0.1) is 19.8 Å². The van der Waals surface area contributed by atoms with Crippen LogP contribution in [0.3, 0.4) is 0 Å². The maximum atomic E-state index is 6.15. The SMILES string of the molecule is CCCOc1cc(C(CN)N2CCc3ccccc32)ccc1OC. The Balaban J connectivity index is 1.91. The molecule has 2 N–H and O–H groups in total. The molecule has 3 rings (SSSR count). The lowest BCUT2D eigenvalue weighted by molar-refractivity contribution is 0.293. The van der Waals surface area contributed by atoms with Crippen molar-refractivity contribution in [1.82, 2.24) is 0 Å². The molecule has 0 radical (unpaired) electrons. The van der Waals surface area contributed by atoms with E-state index < -0.39 is 0 Å². The van der Waals surface area contributed by atoms with E-state index in [1.165, 1.54) is 16.8 Å². The average molecular weight is 326 g/mol. The number of benzene rings is 2. The molecule has 1 aliphatic rings. The molecule has 0 spiro atoms. The van der Waals surface area contributed by atoms with Crippen LogP contribution in [0.2, 0.25) is 0 Å². The third-order valence-corrected chi connectivity index (χ3v) is 4.56. The summed E-state index contributed by atoms with van der Waals surface area (Å²) in [6.45, 7) is 4.34. The molecule has 0 bridgehead atoms. The first-order valence-electron chi connectivity index (χ1n) is 8.63. The molecule has 0 amide bonds. The molecule has 1 heterocycles. The fourth-order valence-electron chi connectivity index (χ4n) is 3.36. The Morgan fingerprint density at radius 1 is 1.17 bits per heavy atom. The lowest BCUT2D eigenvalue weighted by Crippen LogP contribution is -2.32. The van der Waals surface area contributed by atoms with Gasteiger partial charge in [0.2, 0.25) is 0 Å². The van der Waals surface area contributed by atoms with Crippen LogP contribution in [0.25, 0.3) is 0 Å². The Morgan fingerprint density at radius 2 is 2.00 bits per heavy atom. The highest BCUT2D eigenvalue weighted by Gasteiger charge is 2.26. The van der Waals surface area contributed by atoms with E-state index in [-0.39, 0.29) is 6.04 Å². The van der Waals surface area contributed by atoms with E-state index in [4.69, 9.17) is 15.2 Å². The van der Waals surface area contributed by atoms with Crippen molar-refractivity contribution >= 4 is 5.69 Å². The molecule has 4 heteroatoms. The first-order valence-corrected chi connectivity index (χ1v) is 8.63. The number of anilines is 1. The second kappa shape index (κ2) is 7.58. The van der Waals surface area contributed by atoms with E-state index in [0.717, 1.165) is 30.9 Å². The van der Waals surface area contributed by atoms with Gasteiger partial charge in [0.15, 0.2) is 11.5 Å². The number of nitrogens with zero attached hydrogens (tertiary/aromatic N) is 1. The number of hydrogen-bond donors (Lipinski definition) is 1. The fraction of sp³-hybridized carbons (Fsp3) is 0.400. The third kappa shape index (κ3) is 3.20. The van der Waals surface area contributed by atoms with Crippen molar-refractivity contribution in [1.29, 1.82) is 0 Å². The molecule has 1 aliphatic heterocycles. The van der Waals surface area contributed by atoms with Gasteiger partial charge in [-0.1, -0.05) is 31.2 Å². The van der Waals surface area contributed by atoms with Crippen molar-refractivity contribution in [2.75, 3.05) is 31.7 Å². The summed E-state index contributed by atoms with van der Waals surface area (Å²) in [5.74, 6) is 1.56. The summed E-state index contributed by atoms with van der Waals surface area (Å²) in [7, 11) is 1.67. The highest BCUT2D eigenvalue weighted by Crippen LogP contribution is 2.37. The van der Waals surface area contributed by atoms with Crippen LogP contribution < -0.4 is 20.1 Å². The molecule has 1 unspecified atom stereocenters. The van der Waals surface area contributed by atoms with Gasteiger partial charge in [0, 0.05) is 18.8 Å². The van der Waals surface area contributed by atoms with Crippen LogP contribution in [-0.4, -0.2) is 26.8 Å². The lowest BCUT2D eigenvalue weighted by atomic mass is 10.0. The van der Waals surface area contributed by atoms with E-state index >= 15 is 0 Å². The molecule has 128 valence electrons. The molecule has 4 nitrogen and oxygen atoms in total. The topological polar surface area (TPSA) is 47.7 Å². The summed E-state index contributed by atoms with van der Waals surface area (Å²) in [6, 6.07) is 14.9. The normalized spacial score (nSPS) is 14.4. The predicted octanol–water partition coefficient (Wildman–Crippen LogP) is 3.55. The summed E-state index contributed by atoms with van der Waals surface area (Å²) in [5.41, 5.74) is 10.0. The van der Waals surface area contributed by atoms with Crippen molar-refractivity contribution < 1.29 is 9.47 Å². The van der Waals surface area contributed by atoms with Gasteiger partial charge >= 0.3 is 0 Å². The molecule has 1 atom stereocenters. The van der Waals surface area contributed by atoms with E-state index in [0.29, 0.717) is 13.2 Å². The van der Waals surface area contributed by atoms with Gasteiger partial charge in [-0.05, 0) is 42.2 Å². The Labute approximate surface area is 144 Å². The van der Waals surface area contributed by atoms with Crippen LogP contribution in [0.15, 0.2) is 42.5 Å². The summed E-state index contributed by atoms with van der Waals surface area (Å²) < 4.78 is 11.3. The molecular formula is C20H26N2O2. The molecule has 24 heavy (non-hydrogen) atoms. The maximum Gasteiger partial charge on any atom is 0.161 e. The van der Waals surface area contributed by atoms with Gasteiger partial charge < -0.3 is 20.1 Å². The minimum atomic E-state index is 0.142. The Kier molecular flexibility index (Phi) is 5.26. The second-order valence-corrected chi connectivity index (χ2v) is 6.08. The number of nitrogens with two attached hydrogens (primary N) is 1. The number of rotatable bonds is 7. The zero-order valence-electron chi connectivity index (χ0n) is 14.5. The summed E-state index contributed by atoms with van der Waals surface area (Å²) in [4.78, 5) is 2.40. The predicted molar refractivity (Wildman–Crippen MR) is 98.1 cm³/mol. The van der Waals surface area contributed by atoms with E-state index in [9.17, 15) is 0 Å². The van der Waals surface area contributed by atoms with Crippen molar-refractivity contribution in [2.24, 2.45) is 5.73 Å². The number of ether oxygens (including phenoxy) is 2. The summed E-state index contributed by atoms with van der Waals surface area (Å²) in [6.07, 6.45) is 2.04. The van der Waals surface area contributed by atoms with Crippen molar-refractivity contribution in [3.05, 3.63) is 53.6 Å². The zero-order chi connectivity index (χ0) is 16.9. The van der Waals surface area contributed by atoms with E-state index in [2.05, 4.69) is 48.2 Å². The minimum Gasteiger partial charge on any atom is -0.493 e. The van der Waals surface area contributed by atoms with Crippen LogP contribution in [0.5, 0.6) is 11.5 Å². The minimum absolute atomic E-state index is 0.142. The zero-order valence-corrected chi connectivity index (χ0v) is 14.5. The number of para-hydroxylation sites is 1. The first-order chi connectivity index (χ1) is 11.8. The van der Waals surface area contributed by atoms with Gasteiger partial charge in [0.1, 0.15) is 0 Å². The first kappa shape index (κ1) is 16.7. The van der Waals surface area contributed by atoms with Crippen LogP contribution in [0.1, 0.15) is 30.5 Å². The monoisotopic (exact) mass is 326 g/mol. The maximum absolute atomic E-state index is 6.15. The van der Waals surface area contributed by atoms with Crippen molar-refractivity contribution in [3.63, 3.8) is 0 Å². The molecule has 2 aromatic carbocycles. The summed E-state index contributed by atoms with van der Waals surface area (Å²) in [5, 5.41) is 0. The van der Waals surface area contributed by atoms with Crippen LogP contribution in [0, 0.1) is 0 Å². The second-order valence-electron chi connectivity index (χ2n) is 6.08. The molecule has 0 saturated heterocycles. The molecule has 0 fully saturated rings. The van der Waals surface area contributed by atoms with Gasteiger partial charge in [-0.2, -0.15) is 0 Å². The third-order valence-electron chi connectivity index (χ3n) is 4.56. The lowest BCUT2D eigenvalue weighted by Gasteiger charge is -2.30. The Bertz CT molecular complexity index is 687. The van der Waals surface area contributed by atoms with Crippen molar-refractivity contribution in [2.45, 2.75) is 25.8 Å². The van der Waals surface area contributed by atoms with Gasteiger partial charge in [-0.25, -0.2) is 0 Å². The number of fused-ring (bicyclic) bond motifs is 1. The highest BCUT2D eigenvalue weighted by atomic mass is 16.5. The quantitative estimate of drug-likeness (QED) is 0.845. The average Bonchev–Trinajstić information content (AvgIpc) is 3.05. The van der Waals surface area contributed by atoms with Gasteiger partial charge in [0.25, 0.3) is 0 Å². The summed E-state index contributed by atoms with van der Waals surface area (Å²) >= 11 is 0. The molecule has 0 aliphatic carbocycles. The Hall–Kier alpha value is -2.20. The largest absolute Gasteiger partial charge is 0.493 e. The smallest absolute Gasteiger partial charge is 0.161 e. The Morgan fingerprint density at radius 3 is 2.75 bits per heavy atom. The molecular weight excluding hydrogens is 300 g/mol. The van der Waals surface area contributed by atoms with Gasteiger partial charge in [-0.15, -0.1) is 0 Å². The fourth-order valence-corrected chi connectivity index (χ4v) is 3.36. The van der Waals surface area contributed by atoms with Crippen LogP contribution in [-0.2, 0) is 6.42 Å². The standard InChI is InChI=1S/C20H26N2O2/c1-3-12-24-20-13-16(8-9-19(20)23-2)18(14-21)22-11-10-15-6-4-5-7-17(15)22/h4-9,13,18H,3,10-12,14,21H2,1-2H3. The molecule has 0 saturated carbocycles.